The molecule has 0 radical (unpaired) electrons. The molecule has 0 atom stereocenters. The average molecular weight is 351 g/mol. The normalized spacial score (nSPS) is 10.7. The fraction of sp³-hybridized carbons (Fsp3) is 0.250. The molecule has 0 saturated carbocycles. The Hall–Kier alpha value is -3.15. The zero-order chi connectivity index (χ0) is 18.4. The molecule has 134 valence electrons. The third kappa shape index (κ3) is 3.91. The number of benzene rings is 1. The highest BCUT2D eigenvalue weighted by Crippen LogP contribution is 2.28. The van der Waals surface area contributed by atoms with Gasteiger partial charge in [0, 0.05) is 29.5 Å². The zero-order valence-electron chi connectivity index (χ0n) is 14.6. The van der Waals surface area contributed by atoms with Gasteiger partial charge in [0.2, 0.25) is 0 Å². The fourth-order valence-corrected chi connectivity index (χ4v) is 2.86. The second kappa shape index (κ2) is 8.29. The van der Waals surface area contributed by atoms with Crippen LogP contribution in [0.3, 0.4) is 0 Å². The summed E-state index contributed by atoms with van der Waals surface area (Å²) < 4.78 is 5.36. The van der Waals surface area contributed by atoms with Gasteiger partial charge in [-0.05, 0) is 43.5 Å². The van der Waals surface area contributed by atoms with Crippen LogP contribution in [0.1, 0.15) is 29.0 Å². The summed E-state index contributed by atoms with van der Waals surface area (Å²) in [6, 6.07) is 11.1. The molecule has 1 aromatic carbocycles. The van der Waals surface area contributed by atoms with Crippen molar-refractivity contribution in [3.8, 4) is 11.5 Å². The fourth-order valence-electron chi connectivity index (χ4n) is 2.86. The van der Waals surface area contributed by atoms with Crippen molar-refractivity contribution in [3.63, 3.8) is 0 Å². The third-order valence-corrected chi connectivity index (χ3v) is 4.20. The molecule has 2 heterocycles. The lowest BCUT2D eigenvalue weighted by Crippen LogP contribution is -2.04. The van der Waals surface area contributed by atoms with E-state index in [2.05, 4.69) is 15.3 Å². The number of methoxy groups -OCH3 is 1. The van der Waals surface area contributed by atoms with E-state index in [4.69, 9.17) is 4.74 Å². The van der Waals surface area contributed by atoms with E-state index in [0.717, 1.165) is 53.8 Å². The summed E-state index contributed by atoms with van der Waals surface area (Å²) in [4.78, 5) is 19.4. The Morgan fingerprint density at radius 2 is 2.08 bits per heavy atom. The number of anilines is 1. The molecule has 0 fully saturated rings. The quantitative estimate of drug-likeness (QED) is 0.476. The number of para-hydroxylation sites is 1. The van der Waals surface area contributed by atoms with Crippen molar-refractivity contribution in [2.24, 2.45) is 0 Å². The Kier molecular flexibility index (Phi) is 5.63. The van der Waals surface area contributed by atoms with Gasteiger partial charge >= 0.3 is 0 Å². The van der Waals surface area contributed by atoms with Gasteiger partial charge in [0.15, 0.2) is 6.29 Å². The Balaban J connectivity index is 1.56. The van der Waals surface area contributed by atoms with Gasteiger partial charge in [0.05, 0.1) is 7.11 Å². The first kappa shape index (κ1) is 17.7. The maximum absolute atomic E-state index is 10.8. The summed E-state index contributed by atoms with van der Waals surface area (Å²) in [7, 11) is 1.64. The highest BCUT2D eigenvalue weighted by Gasteiger charge is 2.06. The molecule has 0 aliphatic rings. The van der Waals surface area contributed by atoms with Crippen LogP contribution in [0.5, 0.6) is 11.5 Å². The van der Waals surface area contributed by atoms with Crippen molar-refractivity contribution in [2.75, 3.05) is 19.0 Å². The molecule has 26 heavy (non-hydrogen) atoms. The van der Waals surface area contributed by atoms with Gasteiger partial charge in [0.25, 0.3) is 0 Å². The lowest BCUT2D eigenvalue weighted by Gasteiger charge is -2.11. The number of carbonyl (C=O) groups excluding carboxylic acids is 1. The van der Waals surface area contributed by atoms with Crippen LogP contribution in [0, 0.1) is 0 Å². The number of hydrogen-bond acceptors (Lipinski definition) is 6. The zero-order valence-corrected chi connectivity index (χ0v) is 14.6. The molecule has 0 saturated heterocycles. The first-order valence-corrected chi connectivity index (χ1v) is 8.52. The maximum Gasteiger partial charge on any atom is 0.172 e. The van der Waals surface area contributed by atoms with E-state index in [-0.39, 0.29) is 11.4 Å². The van der Waals surface area contributed by atoms with E-state index >= 15 is 0 Å². The van der Waals surface area contributed by atoms with E-state index in [1.807, 2.05) is 24.3 Å². The third-order valence-electron chi connectivity index (χ3n) is 4.20. The topological polar surface area (TPSA) is 84.3 Å². The number of carbonyl (C=O) groups is 1. The number of rotatable bonds is 8. The second-order valence-electron chi connectivity index (χ2n) is 5.92. The lowest BCUT2D eigenvalue weighted by molar-refractivity contribution is 0.111. The van der Waals surface area contributed by atoms with Crippen molar-refractivity contribution in [1.82, 2.24) is 9.97 Å². The predicted molar refractivity (Wildman–Crippen MR) is 101 cm³/mol. The maximum atomic E-state index is 10.8. The van der Waals surface area contributed by atoms with Crippen LogP contribution >= 0.6 is 0 Å². The number of ether oxygens (including phenoxy) is 1. The molecule has 6 heteroatoms. The van der Waals surface area contributed by atoms with Gasteiger partial charge in [-0.2, -0.15) is 0 Å². The predicted octanol–water partition coefficient (Wildman–Crippen LogP) is 3.59. The van der Waals surface area contributed by atoms with E-state index in [1.54, 1.807) is 19.4 Å². The van der Waals surface area contributed by atoms with E-state index in [1.165, 1.54) is 6.07 Å². The summed E-state index contributed by atoms with van der Waals surface area (Å²) in [6.45, 7) is 0.814. The summed E-state index contributed by atoms with van der Waals surface area (Å²) in [5, 5.41) is 14.0. The van der Waals surface area contributed by atoms with Gasteiger partial charge in [-0.1, -0.05) is 12.1 Å². The van der Waals surface area contributed by atoms with E-state index in [0.29, 0.717) is 6.29 Å². The SMILES string of the molecule is COc1cccc2c(NCCCCc3ccc(O)c(C=O)n3)ccnc12. The number of aldehydes is 1. The first-order chi connectivity index (χ1) is 12.7. The molecule has 0 aliphatic heterocycles. The molecule has 6 nitrogen and oxygen atoms in total. The van der Waals surface area contributed by atoms with E-state index in [9.17, 15) is 9.90 Å². The minimum absolute atomic E-state index is 0.0783. The molecule has 3 aromatic rings. The van der Waals surface area contributed by atoms with Crippen LogP contribution in [-0.2, 0) is 6.42 Å². The number of fused-ring (bicyclic) bond motifs is 1. The molecule has 0 unspecified atom stereocenters. The van der Waals surface area contributed by atoms with Crippen molar-refractivity contribution in [1.29, 1.82) is 0 Å². The molecule has 0 aliphatic carbocycles. The minimum Gasteiger partial charge on any atom is -0.506 e. The molecule has 3 rings (SSSR count). The molecular weight excluding hydrogens is 330 g/mol. The smallest absolute Gasteiger partial charge is 0.172 e. The largest absolute Gasteiger partial charge is 0.506 e. The van der Waals surface area contributed by atoms with Gasteiger partial charge in [-0.25, -0.2) is 4.98 Å². The number of pyridine rings is 2. The molecule has 2 aromatic heterocycles. The number of nitrogens with one attached hydrogen (secondary N) is 1. The molecule has 2 N–H and O–H groups in total. The van der Waals surface area contributed by atoms with Gasteiger partial charge in [-0.3, -0.25) is 9.78 Å². The molecular formula is C20H21N3O3. The Bertz CT molecular complexity index is 912. The molecule has 0 bridgehead atoms. The Labute approximate surface area is 151 Å². The van der Waals surface area contributed by atoms with Crippen molar-refractivity contribution < 1.29 is 14.6 Å². The van der Waals surface area contributed by atoms with Crippen molar-refractivity contribution in [3.05, 3.63) is 54.0 Å². The van der Waals surface area contributed by atoms with Crippen molar-refractivity contribution >= 4 is 22.9 Å². The van der Waals surface area contributed by atoms with Gasteiger partial charge < -0.3 is 15.2 Å². The second-order valence-corrected chi connectivity index (χ2v) is 5.92. The van der Waals surface area contributed by atoms with E-state index < -0.39 is 0 Å². The first-order valence-electron chi connectivity index (χ1n) is 8.52. The standard InChI is InChI=1S/C20H21N3O3/c1-26-19-7-4-6-15-16(10-12-22-20(15)19)21-11-3-2-5-14-8-9-18(25)17(13-24)23-14/h4,6-10,12-13,25H,2-3,5,11H2,1H3,(H,21,22). The number of aromatic hydroxyl groups is 1. The number of unbranched alkanes of at least 4 members (excludes halogenated alkanes) is 1. The highest BCUT2D eigenvalue weighted by molar-refractivity contribution is 5.94. The van der Waals surface area contributed by atoms with Crippen LogP contribution in [0.2, 0.25) is 0 Å². The van der Waals surface area contributed by atoms with Crippen LogP contribution < -0.4 is 10.1 Å². The summed E-state index contributed by atoms with van der Waals surface area (Å²) in [5.74, 6) is 0.681. The van der Waals surface area contributed by atoms with Gasteiger partial charge in [0.1, 0.15) is 22.7 Å². The minimum atomic E-state index is -0.0783. The molecule has 0 spiro atoms. The number of aromatic nitrogens is 2. The Morgan fingerprint density at radius 1 is 1.19 bits per heavy atom. The monoisotopic (exact) mass is 351 g/mol. The van der Waals surface area contributed by atoms with Gasteiger partial charge in [-0.15, -0.1) is 0 Å². The van der Waals surface area contributed by atoms with Crippen LogP contribution in [0.25, 0.3) is 10.9 Å². The van der Waals surface area contributed by atoms with Crippen molar-refractivity contribution in [2.45, 2.75) is 19.3 Å². The number of aryl methyl sites for hydroxylation is 1. The number of nitrogens with zero attached hydrogens (tertiary/aromatic N) is 2. The van der Waals surface area contributed by atoms with Crippen LogP contribution in [-0.4, -0.2) is 35.0 Å². The molecule has 0 amide bonds. The highest BCUT2D eigenvalue weighted by atomic mass is 16.5. The van der Waals surface area contributed by atoms with Crippen LogP contribution in [0.15, 0.2) is 42.6 Å². The summed E-state index contributed by atoms with van der Waals surface area (Å²) >= 11 is 0. The number of hydrogen-bond donors (Lipinski definition) is 2. The lowest BCUT2D eigenvalue weighted by atomic mass is 10.1. The van der Waals surface area contributed by atoms with Crippen LogP contribution in [0.4, 0.5) is 5.69 Å². The Morgan fingerprint density at radius 3 is 2.88 bits per heavy atom. The summed E-state index contributed by atoms with van der Waals surface area (Å²) in [5.41, 5.74) is 2.77. The average Bonchev–Trinajstić information content (AvgIpc) is 2.68. The summed E-state index contributed by atoms with van der Waals surface area (Å²) in [6.07, 6.45) is 4.98.